The molecule has 0 unspecified atom stereocenters. The van der Waals surface area contributed by atoms with Crippen molar-refractivity contribution < 1.29 is 23.5 Å². The summed E-state index contributed by atoms with van der Waals surface area (Å²) in [6.45, 7) is -0.313. The Kier molecular flexibility index (Phi) is 6.89. The SMILES string of the molecule is COc1cc(C(=O)NNC(=S)Nc2ccc(F)cc2)ccc1OCC(N)=O. The van der Waals surface area contributed by atoms with E-state index in [1.165, 1.54) is 49.6 Å². The molecule has 0 heterocycles. The summed E-state index contributed by atoms with van der Waals surface area (Å²) in [6, 6.07) is 9.94. The van der Waals surface area contributed by atoms with Crippen LogP contribution in [0.3, 0.4) is 0 Å². The minimum atomic E-state index is -0.634. The summed E-state index contributed by atoms with van der Waals surface area (Å²) in [7, 11) is 1.40. The normalized spacial score (nSPS) is 9.85. The number of anilines is 1. The van der Waals surface area contributed by atoms with Gasteiger partial charge >= 0.3 is 0 Å². The highest BCUT2D eigenvalue weighted by molar-refractivity contribution is 7.80. The van der Waals surface area contributed by atoms with E-state index < -0.39 is 11.8 Å². The highest BCUT2D eigenvalue weighted by Gasteiger charge is 2.12. The summed E-state index contributed by atoms with van der Waals surface area (Å²) in [6.07, 6.45) is 0. The zero-order valence-electron chi connectivity index (χ0n) is 14.2. The quantitative estimate of drug-likeness (QED) is 0.433. The van der Waals surface area contributed by atoms with Crippen LogP contribution in [0.4, 0.5) is 10.1 Å². The van der Waals surface area contributed by atoms with E-state index in [-0.39, 0.29) is 34.6 Å². The predicted molar refractivity (Wildman–Crippen MR) is 101 cm³/mol. The number of thiocarbonyl (C=S) groups is 1. The largest absolute Gasteiger partial charge is 0.493 e. The van der Waals surface area contributed by atoms with Crippen molar-refractivity contribution in [1.29, 1.82) is 0 Å². The lowest BCUT2D eigenvalue weighted by molar-refractivity contribution is -0.119. The summed E-state index contributed by atoms with van der Waals surface area (Å²) in [5.74, 6) is -0.960. The lowest BCUT2D eigenvalue weighted by atomic mass is 10.2. The average molecular weight is 392 g/mol. The van der Waals surface area contributed by atoms with Crippen molar-refractivity contribution >= 4 is 34.8 Å². The van der Waals surface area contributed by atoms with Gasteiger partial charge in [-0.2, -0.15) is 0 Å². The zero-order chi connectivity index (χ0) is 19.8. The molecule has 0 spiro atoms. The number of amides is 2. The lowest BCUT2D eigenvalue weighted by Crippen LogP contribution is -2.43. The number of ether oxygens (including phenoxy) is 2. The topological polar surface area (TPSA) is 115 Å². The van der Waals surface area contributed by atoms with Crippen molar-refractivity contribution in [3.05, 3.63) is 53.8 Å². The molecule has 0 aromatic heterocycles. The van der Waals surface area contributed by atoms with Crippen LogP contribution in [0.5, 0.6) is 11.5 Å². The van der Waals surface area contributed by atoms with Crippen molar-refractivity contribution in [2.75, 3.05) is 19.0 Å². The summed E-state index contributed by atoms with van der Waals surface area (Å²) < 4.78 is 23.2. The third kappa shape index (κ3) is 6.12. The van der Waals surface area contributed by atoms with Gasteiger partial charge in [-0.1, -0.05) is 0 Å². The molecule has 2 aromatic rings. The van der Waals surface area contributed by atoms with Crippen LogP contribution in [0.15, 0.2) is 42.5 Å². The van der Waals surface area contributed by atoms with E-state index >= 15 is 0 Å². The Morgan fingerprint density at radius 3 is 2.44 bits per heavy atom. The van der Waals surface area contributed by atoms with Gasteiger partial charge in [-0.15, -0.1) is 0 Å². The number of benzene rings is 2. The van der Waals surface area contributed by atoms with Crippen LogP contribution >= 0.6 is 12.2 Å². The number of primary amides is 1. The number of methoxy groups -OCH3 is 1. The van der Waals surface area contributed by atoms with Gasteiger partial charge in [-0.05, 0) is 54.7 Å². The van der Waals surface area contributed by atoms with Gasteiger partial charge < -0.3 is 20.5 Å². The van der Waals surface area contributed by atoms with Crippen LogP contribution in [0.25, 0.3) is 0 Å². The van der Waals surface area contributed by atoms with Gasteiger partial charge in [0.05, 0.1) is 7.11 Å². The van der Waals surface area contributed by atoms with E-state index in [1.54, 1.807) is 0 Å². The second-order valence-corrected chi connectivity index (χ2v) is 5.57. The molecule has 0 aliphatic carbocycles. The molecule has 2 rings (SSSR count). The van der Waals surface area contributed by atoms with E-state index in [0.717, 1.165) is 0 Å². The average Bonchev–Trinajstić information content (AvgIpc) is 2.66. The Morgan fingerprint density at radius 2 is 1.81 bits per heavy atom. The molecule has 0 saturated carbocycles. The van der Waals surface area contributed by atoms with Crippen LogP contribution in [-0.2, 0) is 4.79 Å². The molecule has 0 aliphatic rings. The summed E-state index contributed by atoms with van der Waals surface area (Å²) in [5.41, 5.74) is 10.8. The van der Waals surface area contributed by atoms with Gasteiger partial charge in [0.15, 0.2) is 23.2 Å². The number of hydrogen-bond donors (Lipinski definition) is 4. The smallest absolute Gasteiger partial charge is 0.269 e. The second kappa shape index (κ2) is 9.34. The Balaban J connectivity index is 1.93. The van der Waals surface area contributed by atoms with Crippen molar-refractivity contribution in [1.82, 2.24) is 10.9 Å². The second-order valence-electron chi connectivity index (χ2n) is 5.16. The number of hydrogen-bond acceptors (Lipinski definition) is 5. The first kappa shape index (κ1) is 19.9. The van der Waals surface area contributed by atoms with Crippen LogP contribution in [0.1, 0.15) is 10.4 Å². The van der Waals surface area contributed by atoms with Crippen LogP contribution in [0.2, 0.25) is 0 Å². The van der Waals surface area contributed by atoms with E-state index in [9.17, 15) is 14.0 Å². The number of hydrazine groups is 1. The van der Waals surface area contributed by atoms with Gasteiger partial charge in [0.25, 0.3) is 11.8 Å². The van der Waals surface area contributed by atoms with Gasteiger partial charge in [0.1, 0.15) is 5.82 Å². The van der Waals surface area contributed by atoms with Crippen molar-refractivity contribution in [3.8, 4) is 11.5 Å². The zero-order valence-corrected chi connectivity index (χ0v) is 15.1. The highest BCUT2D eigenvalue weighted by Crippen LogP contribution is 2.27. The fraction of sp³-hybridized carbons (Fsp3) is 0.118. The number of nitrogens with two attached hydrogens (primary N) is 1. The molecule has 0 fully saturated rings. The maximum absolute atomic E-state index is 12.9. The maximum Gasteiger partial charge on any atom is 0.269 e. The molecule has 2 amide bonds. The molecule has 10 heteroatoms. The fourth-order valence-electron chi connectivity index (χ4n) is 1.96. The van der Waals surface area contributed by atoms with Gasteiger partial charge in [-0.25, -0.2) is 4.39 Å². The first-order chi connectivity index (χ1) is 12.9. The molecule has 8 nitrogen and oxygen atoms in total. The number of halogens is 1. The fourth-order valence-corrected chi connectivity index (χ4v) is 2.13. The molecule has 0 aliphatic heterocycles. The lowest BCUT2D eigenvalue weighted by Gasteiger charge is -2.13. The molecule has 142 valence electrons. The summed E-state index contributed by atoms with van der Waals surface area (Å²) in [5, 5.41) is 2.90. The van der Waals surface area contributed by atoms with Gasteiger partial charge in [0, 0.05) is 11.3 Å². The van der Waals surface area contributed by atoms with Crippen molar-refractivity contribution in [2.24, 2.45) is 5.73 Å². The molecule has 2 aromatic carbocycles. The Hall–Kier alpha value is -3.40. The number of nitrogens with one attached hydrogen (secondary N) is 3. The molecule has 0 radical (unpaired) electrons. The Morgan fingerprint density at radius 1 is 1.11 bits per heavy atom. The summed E-state index contributed by atoms with van der Waals surface area (Å²) >= 11 is 5.05. The molecule has 0 bridgehead atoms. The molecule has 0 atom stereocenters. The number of carbonyl (C=O) groups is 2. The Labute approximate surface area is 159 Å². The molecule has 0 saturated heterocycles. The van der Waals surface area contributed by atoms with E-state index in [0.29, 0.717) is 5.69 Å². The minimum Gasteiger partial charge on any atom is -0.493 e. The third-order valence-corrected chi connectivity index (χ3v) is 3.39. The monoisotopic (exact) mass is 392 g/mol. The van der Waals surface area contributed by atoms with Gasteiger partial charge in [0.2, 0.25) is 0 Å². The number of rotatable bonds is 6. The third-order valence-electron chi connectivity index (χ3n) is 3.19. The van der Waals surface area contributed by atoms with Crippen LogP contribution in [0, 0.1) is 5.82 Å². The van der Waals surface area contributed by atoms with Gasteiger partial charge in [-0.3, -0.25) is 20.4 Å². The standard InChI is InChI=1S/C17H17FN4O4S/c1-25-14-8-10(2-7-13(14)26-9-15(19)23)16(24)21-22-17(27)20-12-5-3-11(18)4-6-12/h2-8H,9H2,1H3,(H2,19,23)(H,21,24)(H2,20,22,27). The van der Waals surface area contributed by atoms with Crippen LogP contribution < -0.4 is 31.4 Å². The first-order valence-electron chi connectivity index (χ1n) is 7.61. The summed E-state index contributed by atoms with van der Waals surface area (Å²) in [4.78, 5) is 23.0. The van der Waals surface area contributed by atoms with Crippen LogP contribution in [-0.4, -0.2) is 30.6 Å². The minimum absolute atomic E-state index is 0.114. The first-order valence-corrected chi connectivity index (χ1v) is 8.02. The molecule has 27 heavy (non-hydrogen) atoms. The predicted octanol–water partition coefficient (Wildman–Crippen LogP) is 1.33. The van der Waals surface area contributed by atoms with Crippen molar-refractivity contribution in [3.63, 3.8) is 0 Å². The van der Waals surface area contributed by atoms with E-state index in [4.69, 9.17) is 27.4 Å². The maximum atomic E-state index is 12.9. The van der Waals surface area contributed by atoms with E-state index in [1.807, 2.05) is 0 Å². The highest BCUT2D eigenvalue weighted by atomic mass is 32.1. The Bertz CT molecular complexity index is 845. The van der Waals surface area contributed by atoms with Crippen molar-refractivity contribution in [2.45, 2.75) is 0 Å². The van der Waals surface area contributed by atoms with E-state index in [2.05, 4.69) is 16.2 Å². The molecular weight excluding hydrogens is 375 g/mol. The molecule has 5 N–H and O–H groups in total. The molecular formula is C17H17FN4O4S. The number of carbonyl (C=O) groups excluding carboxylic acids is 2.